The van der Waals surface area contributed by atoms with Crippen LogP contribution in [0.3, 0.4) is 0 Å². The fraction of sp³-hybridized carbons (Fsp3) is 0.375. The van der Waals surface area contributed by atoms with E-state index in [0.29, 0.717) is 16.5 Å². The number of aromatic carboxylic acids is 1. The van der Waals surface area contributed by atoms with E-state index < -0.39 is 5.97 Å². The van der Waals surface area contributed by atoms with E-state index >= 15 is 0 Å². The van der Waals surface area contributed by atoms with Gasteiger partial charge in [-0.05, 0) is 23.6 Å². The maximum Gasteiger partial charge on any atom is 0.356 e. The third-order valence-corrected chi connectivity index (χ3v) is 3.66. The minimum Gasteiger partial charge on any atom is -0.496 e. The molecule has 2 rings (SSSR count). The first-order valence-corrected chi connectivity index (χ1v) is 7.18. The molecule has 1 heterocycles. The second-order valence-electron chi connectivity index (χ2n) is 6.13. The first-order valence-electron chi connectivity index (χ1n) is 6.81. The number of carboxylic acids is 1. The van der Waals surface area contributed by atoms with Crippen LogP contribution in [0.4, 0.5) is 0 Å². The van der Waals surface area contributed by atoms with E-state index in [1.165, 1.54) is 10.7 Å². The van der Waals surface area contributed by atoms with Gasteiger partial charge in [0.15, 0.2) is 5.69 Å². The summed E-state index contributed by atoms with van der Waals surface area (Å²) < 4.78 is 7.11. The molecule has 6 heteroatoms. The van der Waals surface area contributed by atoms with Crippen molar-refractivity contribution in [2.75, 3.05) is 7.11 Å². The highest BCUT2D eigenvalue weighted by atomic mass is 35.5. The Morgan fingerprint density at radius 1 is 1.32 bits per heavy atom. The molecule has 0 atom stereocenters. The normalized spacial score (nSPS) is 11.5. The Labute approximate surface area is 134 Å². The number of carboxylic acid groups (broad SMARTS) is 1. The van der Waals surface area contributed by atoms with Gasteiger partial charge in [-0.1, -0.05) is 32.4 Å². The molecule has 1 aromatic carbocycles. The van der Waals surface area contributed by atoms with Crippen molar-refractivity contribution in [3.05, 3.63) is 34.5 Å². The van der Waals surface area contributed by atoms with Crippen molar-refractivity contribution in [1.82, 2.24) is 9.78 Å². The Morgan fingerprint density at radius 3 is 2.41 bits per heavy atom. The molecule has 22 heavy (non-hydrogen) atoms. The minimum absolute atomic E-state index is 0.0168. The molecule has 0 aliphatic heterocycles. The summed E-state index contributed by atoms with van der Waals surface area (Å²) in [5.74, 6) is -0.393. The van der Waals surface area contributed by atoms with Crippen LogP contribution in [0.2, 0.25) is 5.02 Å². The van der Waals surface area contributed by atoms with Crippen LogP contribution in [-0.2, 0) is 12.5 Å². The first kappa shape index (κ1) is 16.4. The number of halogens is 1. The fourth-order valence-electron chi connectivity index (χ4n) is 2.38. The van der Waals surface area contributed by atoms with E-state index in [9.17, 15) is 4.79 Å². The number of aryl methyl sites for hydroxylation is 1. The van der Waals surface area contributed by atoms with Gasteiger partial charge in [0.05, 0.1) is 12.8 Å². The van der Waals surface area contributed by atoms with Gasteiger partial charge < -0.3 is 9.84 Å². The maximum atomic E-state index is 11.1. The van der Waals surface area contributed by atoms with Crippen molar-refractivity contribution in [1.29, 1.82) is 0 Å². The van der Waals surface area contributed by atoms with Crippen LogP contribution in [0.15, 0.2) is 18.2 Å². The standard InChI is InChI=1S/C16H19ClN2O3/c1-16(2,3)11-7-9(17)6-10(14(11)22-5)13-8-12(15(20)21)18-19(13)4/h6-8H,1-5H3,(H,20,21). The largest absolute Gasteiger partial charge is 0.496 e. The second-order valence-corrected chi connectivity index (χ2v) is 6.56. The van der Waals surface area contributed by atoms with Crippen LogP contribution in [0, 0.1) is 0 Å². The highest BCUT2D eigenvalue weighted by Crippen LogP contribution is 2.41. The number of nitrogens with zero attached hydrogens (tertiary/aromatic N) is 2. The Bertz CT molecular complexity index is 730. The number of hydrogen-bond acceptors (Lipinski definition) is 3. The molecular formula is C16H19ClN2O3. The van der Waals surface area contributed by atoms with Crippen molar-refractivity contribution in [3.63, 3.8) is 0 Å². The summed E-state index contributed by atoms with van der Waals surface area (Å²) in [4.78, 5) is 11.1. The lowest BCUT2D eigenvalue weighted by atomic mass is 9.84. The molecule has 1 N–H and O–H groups in total. The SMILES string of the molecule is COc1c(-c2cc(C(=O)O)nn2C)cc(Cl)cc1C(C)(C)C. The van der Waals surface area contributed by atoms with E-state index in [1.807, 2.05) is 6.07 Å². The number of methoxy groups -OCH3 is 1. The van der Waals surface area contributed by atoms with E-state index in [0.717, 1.165) is 11.1 Å². The highest BCUT2D eigenvalue weighted by Gasteiger charge is 2.24. The third kappa shape index (κ3) is 2.95. The maximum absolute atomic E-state index is 11.1. The van der Waals surface area contributed by atoms with Crippen LogP contribution in [0.1, 0.15) is 36.8 Å². The quantitative estimate of drug-likeness (QED) is 0.934. The molecule has 1 aromatic heterocycles. The van der Waals surface area contributed by atoms with Gasteiger partial charge in [-0.25, -0.2) is 4.79 Å². The van der Waals surface area contributed by atoms with E-state index in [-0.39, 0.29) is 11.1 Å². The Kier molecular flexibility index (Phi) is 4.20. The van der Waals surface area contributed by atoms with Gasteiger partial charge in [-0.2, -0.15) is 5.10 Å². The molecule has 0 amide bonds. The molecule has 0 radical (unpaired) electrons. The van der Waals surface area contributed by atoms with Crippen molar-refractivity contribution in [3.8, 4) is 17.0 Å². The Balaban J connectivity index is 2.75. The summed E-state index contributed by atoms with van der Waals surface area (Å²) in [5, 5.41) is 13.7. The van der Waals surface area contributed by atoms with Crippen LogP contribution < -0.4 is 4.74 Å². The first-order chi connectivity index (χ1) is 10.1. The molecule has 0 aliphatic carbocycles. The van der Waals surface area contributed by atoms with E-state index in [1.54, 1.807) is 20.2 Å². The van der Waals surface area contributed by atoms with E-state index in [2.05, 4.69) is 25.9 Å². The molecule has 0 saturated heterocycles. The van der Waals surface area contributed by atoms with Crippen molar-refractivity contribution in [2.24, 2.45) is 7.05 Å². The molecular weight excluding hydrogens is 304 g/mol. The van der Waals surface area contributed by atoms with Crippen molar-refractivity contribution < 1.29 is 14.6 Å². The molecule has 118 valence electrons. The van der Waals surface area contributed by atoms with Gasteiger partial charge >= 0.3 is 5.97 Å². The summed E-state index contributed by atoms with van der Waals surface area (Å²) in [5.41, 5.74) is 2.14. The van der Waals surface area contributed by atoms with Gasteiger partial charge in [0.25, 0.3) is 0 Å². The second kappa shape index (κ2) is 5.65. The Hall–Kier alpha value is -2.01. The molecule has 2 aromatic rings. The average molecular weight is 323 g/mol. The lowest BCUT2D eigenvalue weighted by molar-refractivity contribution is 0.0689. The average Bonchev–Trinajstić information content (AvgIpc) is 2.79. The van der Waals surface area contributed by atoms with Crippen LogP contribution in [0.25, 0.3) is 11.3 Å². The monoisotopic (exact) mass is 322 g/mol. The molecule has 0 aliphatic rings. The number of ether oxygens (including phenoxy) is 1. The summed E-state index contributed by atoms with van der Waals surface area (Å²) >= 11 is 6.26. The summed E-state index contributed by atoms with van der Waals surface area (Å²) in [6.45, 7) is 6.20. The zero-order chi connectivity index (χ0) is 16.7. The number of hydrogen-bond donors (Lipinski definition) is 1. The van der Waals surface area contributed by atoms with Crippen LogP contribution in [0.5, 0.6) is 5.75 Å². The zero-order valence-electron chi connectivity index (χ0n) is 13.3. The van der Waals surface area contributed by atoms with Gasteiger partial charge in [0.1, 0.15) is 5.75 Å². The molecule has 0 fully saturated rings. The highest BCUT2D eigenvalue weighted by molar-refractivity contribution is 6.31. The molecule has 0 unspecified atom stereocenters. The van der Waals surface area contributed by atoms with Gasteiger partial charge in [-0.3, -0.25) is 4.68 Å². The summed E-state index contributed by atoms with van der Waals surface area (Å²) in [6.07, 6.45) is 0. The predicted molar refractivity (Wildman–Crippen MR) is 85.9 cm³/mol. The lowest BCUT2D eigenvalue weighted by Crippen LogP contribution is -2.13. The smallest absolute Gasteiger partial charge is 0.356 e. The number of rotatable bonds is 3. The summed E-state index contributed by atoms with van der Waals surface area (Å²) in [7, 11) is 3.29. The number of carbonyl (C=O) groups is 1. The fourth-order valence-corrected chi connectivity index (χ4v) is 2.60. The van der Waals surface area contributed by atoms with Gasteiger partial charge in [0.2, 0.25) is 0 Å². The minimum atomic E-state index is -1.07. The molecule has 0 spiro atoms. The topological polar surface area (TPSA) is 64.3 Å². The zero-order valence-corrected chi connectivity index (χ0v) is 14.0. The van der Waals surface area contributed by atoms with E-state index in [4.69, 9.17) is 21.4 Å². The molecule has 0 bridgehead atoms. The van der Waals surface area contributed by atoms with Crippen LogP contribution >= 0.6 is 11.6 Å². The van der Waals surface area contributed by atoms with Gasteiger partial charge in [-0.15, -0.1) is 0 Å². The number of aromatic nitrogens is 2. The van der Waals surface area contributed by atoms with Gasteiger partial charge in [0, 0.05) is 23.2 Å². The number of benzene rings is 1. The van der Waals surface area contributed by atoms with Crippen molar-refractivity contribution >= 4 is 17.6 Å². The molecule has 5 nitrogen and oxygen atoms in total. The molecule has 0 saturated carbocycles. The summed E-state index contributed by atoms with van der Waals surface area (Å²) in [6, 6.07) is 5.15. The van der Waals surface area contributed by atoms with Crippen LogP contribution in [-0.4, -0.2) is 28.0 Å². The van der Waals surface area contributed by atoms with Crippen molar-refractivity contribution in [2.45, 2.75) is 26.2 Å². The Morgan fingerprint density at radius 2 is 1.95 bits per heavy atom. The third-order valence-electron chi connectivity index (χ3n) is 3.44. The predicted octanol–water partition coefficient (Wildman–Crippen LogP) is 3.74. The lowest BCUT2D eigenvalue weighted by Gasteiger charge is -2.24.